The maximum absolute atomic E-state index is 5.54. The van der Waals surface area contributed by atoms with Gasteiger partial charge in [0.1, 0.15) is 5.75 Å². The lowest BCUT2D eigenvalue weighted by molar-refractivity contribution is 0.357. The summed E-state index contributed by atoms with van der Waals surface area (Å²) in [6.45, 7) is 2.36. The highest BCUT2D eigenvalue weighted by atomic mass is 127. The van der Waals surface area contributed by atoms with Crippen molar-refractivity contribution >= 4 is 29.9 Å². The van der Waals surface area contributed by atoms with E-state index in [4.69, 9.17) is 4.74 Å². The molecular formula is C17H24IN5O. The van der Waals surface area contributed by atoms with Crippen molar-refractivity contribution in [1.29, 1.82) is 0 Å². The SMILES string of the molecule is CN=C(NCCc1ccc2c(c1)CCO2)NCc1cnn(C)c1.I. The number of hydrogen-bond donors (Lipinski definition) is 2. The van der Waals surface area contributed by atoms with Crippen LogP contribution in [-0.2, 0) is 26.4 Å². The van der Waals surface area contributed by atoms with Gasteiger partial charge in [-0.2, -0.15) is 5.10 Å². The minimum atomic E-state index is 0. The molecule has 0 spiro atoms. The molecule has 0 fully saturated rings. The molecule has 1 aromatic heterocycles. The summed E-state index contributed by atoms with van der Waals surface area (Å²) < 4.78 is 7.33. The molecule has 7 heteroatoms. The van der Waals surface area contributed by atoms with Gasteiger partial charge in [0.15, 0.2) is 5.96 Å². The Morgan fingerprint density at radius 2 is 2.21 bits per heavy atom. The van der Waals surface area contributed by atoms with E-state index in [0.29, 0.717) is 6.54 Å². The number of hydrogen-bond acceptors (Lipinski definition) is 3. The average molecular weight is 441 g/mol. The van der Waals surface area contributed by atoms with Crippen molar-refractivity contribution in [2.75, 3.05) is 20.2 Å². The van der Waals surface area contributed by atoms with Crippen molar-refractivity contribution in [2.45, 2.75) is 19.4 Å². The first-order valence-electron chi connectivity index (χ1n) is 7.91. The van der Waals surface area contributed by atoms with Crippen molar-refractivity contribution in [3.8, 4) is 5.75 Å². The molecule has 2 heterocycles. The van der Waals surface area contributed by atoms with Gasteiger partial charge in [-0.3, -0.25) is 9.67 Å². The summed E-state index contributed by atoms with van der Waals surface area (Å²) in [5, 5.41) is 10.8. The number of nitrogens with zero attached hydrogens (tertiary/aromatic N) is 3. The highest BCUT2D eigenvalue weighted by molar-refractivity contribution is 14.0. The van der Waals surface area contributed by atoms with Crippen LogP contribution < -0.4 is 15.4 Å². The number of aromatic nitrogens is 2. The minimum absolute atomic E-state index is 0. The molecule has 2 N–H and O–H groups in total. The van der Waals surface area contributed by atoms with Crippen LogP contribution in [-0.4, -0.2) is 35.9 Å². The predicted molar refractivity (Wildman–Crippen MR) is 106 cm³/mol. The second-order valence-electron chi connectivity index (χ2n) is 5.67. The Kier molecular flexibility index (Phi) is 6.89. The number of aryl methyl sites for hydroxylation is 1. The Hall–Kier alpha value is -1.77. The van der Waals surface area contributed by atoms with Gasteiger partial charge < -0.3 is 15.4 Å². The molecule has 0 saturated heterocycles. The van der Waals surface area contributed by atoms with Crippen LogP contribution in [0.2, 0.25) is 0 Å². The molecule has 0 unspecified atom stereocenters. The van der Waals surface area contributed by atoms with Crippen LogP contribution in [0.25, 0.3) is 0 Å². The smallest absolute Gasteiger partial charge is 0.191 e. The van der Waals surface area contributed by atoms with Crippen LogP contribution in [0.4, 0.5) is 0 Å². The Labute approximate surface area is 159 Å². The third kappa shape index (κ3) is 4.86. The summed E-state index contributed by atoms with van der Waals surface area (Å²) in [6.07, 6.45) is 5.82. The maximum Gasteiger partial charge on any atom is 0.191 e. The summed E-state index contributed by atoms with van der Waals surface area (Å²) in [4.78, 5) is 4.25. The lowest BCUT2D eigenvalue weighted by Crippen LogP contribution is -2.37. The van der Waals surface area contributed by atoms with E-state index in [9.17, 15) is 0 Å². The molecule has 0 atom stereocenters. The minimum Gasteiger partial charge on any atom is -0.493 e. The van der Waals surface area contributed by atoms with Crippen molar-refractivity contribution in [2.24, 2.45) is 12.0 Å². The molecule has 0 amide bonds. The molecule has 0 aliphatic carbocycles. The second kappa shape index (κ2) is 8.91. The Bertz CT molecular complexity index is 698. The van der Waals surface area contributed by atoms with E-state index in [-0.39, 0.29) is 24.0 Å². The molecule has 0 radical (unpaired) electrons. The third-order valence-electron chi connectivity index (χ3n) is 3.90. The Morgan fingerprint density at radius 1 is 1.33 bits per heavy atom. The van der Waals surface area contributed by atoms with Gasteiger partial charge in [-0.05, 0) is 23.6 Å². The summed E-state index contributed by atoms with van der Waals surface area (Å²) in [6, 6.07) is 6.46. The number of halogens is 1. The van der Waals surface area contributed by atoms with E-state index in [1.54, 1.807) is 11.7 Å². The van der Waals surface area contributed by atoms with E-state index in [1.165, 1.54) is 11.1 Å². The van der Waals surface area contributed by atoms with Gasteiger partial charge in [-0.25, -0.2) is 0 Å². The van der Waals surface area contributed by atoms with E-state index >= 15 is 0 Å². The van der Waals surface area contributed by atoms with Gasteiger partial charge >= 0.3 is 0 Å². The van der Waals surface area contributed by atoms with Crippen LogP contribution >= 0.6 is 24.0 Å². The van der Waals surface area contributed by atoms with Crippen LogP contribution in [0.15, 0.2) is 35.6 Å². The monoisotopic (exact) mass is 441 g/mol. The van der Waals surface area contributed by atoms with Crippen LogP contribution in [0.1, 0.15) is 16.7 Å². The maximum atomic E-state index is 5.54. The molecule has 1 aromatic carbocycles. The molecule has 1 aliphatic heterocycles. The fourth-order valence-electron chi connectivity index (χ4n) is 2.69. The number of rotatable bonds is 5. The molecule has 130 valence electrons. The predicted octanol–water partition coefficient (Wildman–Crippen LogP) is 1.88. The molecule has 0 saturated carbocycles. The van der Waals surface area contributed by atoms with Crippen LogP contribution in [0, 0.1) is 0 Å². The zero-order valence-corrected chi connectivity index (χ0v) is 16.4. The second-order valence-corrected chi connectivity index (χ2v) is 5.67. The first kappa shape index (κ1) is 18.6. The van der Waals surface area contributed by atoms with Crippen molar-refractivity contribution in [3.05, 3.63) is 47.3 Å². The van der Waals surface area contributed by atoms with Crippen molar-refractivity contribution < 1.29 is 4.74 Å². The number of nitrogens with one attached hydrogen (secondary N) is 2. The normalized spacial score (nSPS) is 13.0. The number of ether oxygens (including phenoxy) is 1. The fourth-order valence-corrected chi connectivity index (χ4v) is 2.69. The van der Waals surface area contributed by atoms with Crippen LogP contribution in [0.5, 0.6) is 5.75 Å². The number of fused-ring (bicyclic) bond motifs is 1. The third-order valence-corrected chi connectivity index (χ3v) is 3.90. The number of guanidine groups is 1. The fraction of sp³-hybridized carbons (Fsp3) is 0.412. The number of aliphatic imine (C=N–C) groups is 1. The standard InChI is InChI=1S/C17H23N5O.HI/c1-18-17(20-10-14-11-21-22(2)12-14)19-7-5-13-3-4-16-15(9-13)6-8-23-16;/h3-4,9,11-12H,5-8,10H2,1-2H3,(H2,18,19,20);1H. The lowest BCUT2D eigenvalue weighted by Gasteiger charge is -2.11. The number of benzene rings is 1. The molecular weight excluding hydrogens is 417 g/mol. The largest absolute Gasteiger partial charge is 0.493 e. The van der Waals surface area contributed by atoms with Gasteiger partial charge in [0, 0.05) is 45.4 Å². The molecule has 24 heavy (non-hydrogen) atoms. The van der Waals surface area contributed by atoms with E-state index in [2.05, 4.69) is 38.9 Å². The molecule has 1 aliphatic rings. The first-order chi connectivity index (χ1) is 11.2. The van der Waals surface area contributed by atoms with E-state index in [1.807, 2.05) is 19.4 Å². The zero-order chi connectivity index (χ0) is 16.1. The average Bonchev–Trinajstić information content (AvgIpc) is 3.18. The van der Waals surface area contributed by atoms with Gasteiger partial charge in [-0.15, -0.1) is 24.0 Å². The summed E-state index contributed by atoms with van der Waals surface area (Å²) in [5.74, 6) is 1.84. The highest BCUT2D eigenvalue weighted by Gasteiger charge is 2.11. The van der Waals surface area contributed by atoms with Gasteiger partial charge in [0.2, 0.25) is 0 Å². The molecule has 2 aromatic rings. The summed E-state index contributed by atoms with van der Waals surface area (Å²) in [7, 11) is 3.70. The zero-order valence-electron chi connectivity index (χ0n) is 14.1. The Balaban J connectivity index is 0.00000208. The molecule has 3 rings (SSSR count). The van der Waals surface area contributed by atoms with Crippen LogP contribution in [0.3, 0.4) is 0 Å². The van der Waals surface area contributed by atoms with Crippen molar-refractivity contribution in [1.82, 2.24) is 20.4 Å². The lowest BCUT2D eigenvalue weighted by atomic mass is 10.1. The van der Waals surface area contributed by atoms with Gasteiger partial charge in [0.25, 0.3) is 0 Å². The topological polar surface area (TPSA) is 63.5 Å². The highest BCUT2D eigenvalue weighted by Crippen LogP contribution is 2.25. The molecule has 6 nitrogen and oxygen atoms in total. The summed E-state index contributed by atoms with van der Waals surface area (Å²) in [5.41, 5.74) is 3.78. The van der Waals surface area contributed by atoms with Crippen molar-refractivity contribution in [3.63, 3.8) is 0 Å². The Morgan fingerprint density at radius 3 is 2.96 bits per heavy atom. The first-order valence-corrected chi connectivity index (χ1v) is 7.91. The summed E-state index contributed by atoms with van der Waals surface area (Å²) >= 11 is 0. The quantitative estimate of drug-likeness (QED) is 0.423. The molecule has 0 bridgehead atoms. The van der Waals surface area contributed by atoms with E-state index < -0.39 is 0 Å². The van der Waals surface area contributed by atoms with E-state index in [0.717, 1.165) is 43.3 Å². The van der Waals surface area contributed by atoms with Gasteiger partial charge in [0.05, 0.1) is 12.8 Å². The van der Waals surface area contributed by atoms with Gasteiger partial charge in [-0.1, -0.05) is 12.1 Å².